The quantitative estimate of drug-likeness (QED) is 0.128. The van der Waals surface area contributed by atoms with Crippen LogP contribution in [0.4, 0.5) is 23.7 Å². The van der Waals surface area contributed by atoms with Gasteiger partial charge in [-0.3, -0.25) is 9.59 Å². The summed E-state index contributed by atoms with van der Waals surface area (Å²) < 4.78 is 46.0. The number of benzene rings is 3. The van der Waals surface area contributed by atoms with E-state index < -0.39 is 23.9 Å². The number of ether oxygens (including phenoxy) is 1. The van der Waals surface area contributed by atoms with E-state index in [0.717, 1.165) is 83.3 Å². The van der Waals surface area contributed by atoms with E-state index >= 15 is 0 Å². The first-order valence-corrected chi connectivity index (χ1v) is 20.9. The van der Waals surface area contributed by atoms with E-state index in [1.165, 1.54) is 7.11 Å². The van der Waals surface area contributed by atoms with Crippen LogP contribution in [0.15, 0.2) is 60.7 Å². The largest absolute Gasteiger partial charge is 0.453 e. The van der Waals surface area contributed by atoms with Crippen LogP contribution < -0.4 is 10.2 Å². The lowest BCUT2D eigenvalue weighted by Gasteiger charge is -2.33. The van der Waals surface area contributed by atoms with Crippen LogP contribution in [0.3, 0.4) is 0 Å². The Kier molecular flexibility index (Phi) is 11.3. The van der Waals surface area contributed by atoms with Crippen molar-refractivity contribution in [3.8, 4) is 0 Å². The summed E-state index contributed by atoms with van der Waals surface area (Å²) >= 11 is 0. The number of nitrogens with one attached hydrogen (secondary N) is 3. The molecule has 2 aromatic heterocycles. The summed E-state index contributed by atoms with van der Waals surface area (Å²) in [5.74, 6) is 1.22. The molecule has 3 N–H and O–H groups in total. The number of methoxy groups -OCH3 is 1. The first-order valence-electron chi connectivity index (χ1n) is 20.9. The number of nitrogens with zero attached hydrogens (tertiary/aromatic N) is 5. The second-order valence-electron chi connectivity index (χ2n) is 17.0. The zero-order chi connectivity index (χ0) is 42.5. The Labute approximate surface area is 347 Å². The molecule has 0 bridgehead atoms. The highest BCUT2D eigenvalue weighted by molar-refractivity contribution is 5.87. The lowest BCUT2D eigenvalue weighted by atomic mass is 10.0. The van der Waals surface area contributed by atoms with Crippen LogP contribution in [0, 0.1) is 18.3 Å². The van der Waals surface area contributed by atoms with Crippen molar-refractivity contribution in [2.45, 2.75) is 103 Å². The molecule has 0 spiro atoms. The fraction of sp³-hybridized carbons (Fsp3) is 0.467. The van der Waals surface area contributed by atoms with Gasteiger partial charge in [0.05, 0.1) is 65.3 Å². The number of alkyl halides is 3. The molecular formula is C45H52F3N8O4. The van der Waals surface area contributed by atoms with E-state index in [9.17, 15) is 27.6 Å². The molecule has 1 radical (unpaired) electrons. The van der Waals surface area contributed by atoms with Gasteiger partial charge in [0.2, 0.25) is 11.8 Å². The van der Waals surface area contributed by atoms with Crippen LogP contribution in [-0.2, 0) is 20.5 Å². The van der Waals surface area contributed by atoms with Crippen molar-refractivity contribution in [3.63, 3.8) is 0 Å². The normalized spacial score (nSPS) is 21.5. The molecular weight excluding hydrogens is 774 g/mol. The first-order chi connectivity index (χ1) is 28.7. The molecule has 3 amide bonds. The number of likely N-dealkylation sites (tertiary alicyclic amines) is 2. The van der Waals surface area contributed by atoms with Gasteiger partial charge in [-0.2, -0.15) is 13.2 Å². The molecule has 3 aromatic carbocycles. The van der Waals surface area contributed by atoms with Gasteiger partial charge >= 0.3 is 12.3 Å². The maximum Gasteiger partial charge on any atom is 0.416 e. The standard InChI is InChI=1S/C45H52F3N8O4/c1-25(2)22-39(57)54-20-6-8-37(54)41-49-31-16-10-27(23-33(31)51-41)35-18-19-36(56(35)30-14-12-29(13-15-30)45(46,47)48)28-11-17-32-34(24-28)52-42(50-32)38-9-7-21-55(38)43(58)40(26(3)4)53-44(59)60-5/h10-17,22-26,35-38,40H,6-9,18-21H2,1-5H3,(H,49,51)(H,50,52)(H,53,59)/t35-,36-,37-,38-,40-/m0/s1. The second kappa shape index (κ2) is 16.5. The summed E-state index contributed by atoms with van der Waals surface area (Å²) in [6.45, 7) is 8.95. The van der Waals surface area contributed by atoms with Crippen LogP contribution >= 0.6 is 0 Å². The van der Waals surface area contributed by atoms with Crippen LogP contribution in [0.25, 0.3) is 22.1 Å². The molecule has 0 unspecified atom stereocenters. The molecule has 3 aliphatic heterocycles. The van der Waals surface area contributed by atoms with Gasteiger partial charge in [-0.25, -0.2) is 14.8 Å². The highest BCUT2D eigenvalue weighted by atomic mass is 19.4. The topological polar surface area (TPSA) is 140 Å². The lowest BCUT2D eigenvalue weighted by Crippen LogP contribution is -2.51. The molecule has 5 atom stereocenters. The number of amides is 3. The van der Waals surface area contributed by atoms with Gasteiger partial charge < -0.3 is 34.7 Å². The number of rotatable bonds is 10. The molecule has 3 aliphatic rings. The number of carbonyl (C=O) groups is 3. The number of carbonyl (C=O) groups excluding carboxylic acids is 3. The van der Waals surface area contributed by atoms with E-state index in [-0.39, 0.29) is 47.8 Å². The zero-order valence-electron chi connectivity index (χ0n) is 34.6. The van der Waals surface area contributed by atoms with Gasteiger partial charge in [0.25, 0.3) is 0 Å². The minimum absolute atomic E-state index is 0.0162. The molecule has 5 heterocycles. The van der Waals surface area contributed by atoms with E-state index in [2.05, 4.69) is 32.3 Å². The van der Waals surface area contributed by atoms with Crippen molar-refractivity contribution in [2.24, 2.45) is 11.8 Å². The Morgan fingerprint density at radius 2 is 1.30 bits per heavy atom. The van der Waals surface area contributed by atoms with Crippen molar-refractivity contribution < 1.29 is 32.3 Å². The number of anilines is 1. The predicted molar refractivity (Wildman–Crippen MR) is 222 cm³/mol. The summed E-state index contributed by atoms with van der Waals surface area (Å²) in [6.07, 6.45) is 1.31. The van der Waals surface area contributed by atoms with Crippen molar-refractivity contribution in [1.29, 1.82) is 0 Å². The average molecular weight is 826 g/mol. The SMILES string of the molecule is COC(=O)N[C@H](C(=O)N1CCC[C@H]1c1nc2cc([C@@H]3CC[C@@H](c4ccc5[nH]c([C@@H]6CCCN6C(=O)[CH]C(C)C)nc5c4)N3c3ccc(C(F)(F)F)cc3)ccc2[nH]1)C(C)C. The Morgan fingerprint density at radius 3 is 1.80 bits per heavy atom. The van der Waals surface area contributed by atoms with E-state index in [1.54, 1.807) is 23.5 Å². The van der Waals surface area contributed by atoms with Crippen LogP contribution in [0.5, 0.6) is 0 Å². The number of aromatic amines is 2. The smallest absolute Gasteiger partial charge is 0.416 e. The maximum atomic E-state index is 13.8. The molecule has 8 rings (SSSR count). The predicted octanol–water partition coefficient (Wildman–Crippen LogP) is 9.11. The third-order valence-corrected chi connectivity index (χ3v) is 12.3. The number of imidazole rings is 2. The van der Waals surface area contributed by atoms with Gasteiger partial charge in [0, 0.05) is 18.8 Å². The molecule has 0 aliphatic carbocycles. The first kappa shape index (κ1) is 41.1. The number of fused-ring (bicyclic) bond motifs is 2. The van der Waals surface area contributed by atoms with Crippen LogP contribution in [-0.4, -0.2) is 73.9 Å². The monoisotopic (exact) mass is 825 g/mol. The molecule has 0 saturated carbocycles. The summed E-state index contributed by atoms with van der Waals surface area (Å²) in [7, 11) is 1.27. The number of hydrogen-bond donors (Lipinski definition) is 3. The number of alkyl carbamates (subject to hydrolysis) is 1. The third-order valence-electron chi connectivity index (χ3n) is 12.3. The van der Waals surface area contributed by atoms with Crippen molar-refractivity contribution in [2.75, 3.05) is 25.1 Å². The van der Waals surface area contributed by atoms with E-state index in [4.69, 9.17) is 14.7 Å². The molecule has 12 nitrogen and oxygen atoms in total. The Hall–Kier alpha value is -5.60. The minimum Gasteiger partial charge on any atom is -0.453 e. The number of hydrogen-bond acceptors (Lipinski definition) is 7. The molecule has 60 heavy (non-hydrogen) atoms. The van der Waals surface area contributed by atoms with Crippen molar-refractivity contribution in [1.82, 2.24) is 35.1 Å². The molecule has 3 saturated heterocycles. The second-order valence-corrected chi connectivity index (χ2v) is 17.0. The number of aromatic nitrogens is 4. The minimum atomic E-state index is -4.47. The van der Waals surface area contributed by atoms with Gasteiger partial charge in [-0.1, -0.05) is 39.8 Å². The Morgan fingerprint density at radius 1 is 0.767 bits per heavy atom. The van der Waals surface area contributed by atoms with Gasteiger partial charge in [0.15, 0.2) is 0 Å². The molecule has 3 fully saturated rings. The summed E-state index contributed by atoms with van der Waals surface area (Å²) in [5.41, 5.74) is 5.09. The Balaban J connectivity index is 1.10. The fourth-order valence-electron chi connectivity index (χ4n) is 9.35. The van der Waals surface area contributed by atoms with Gasteiger partial charge in [-0.05, 0) is 110 Å². The van der Waals surface area contributed by atoms with Crippen molar-refractivity contribution in [3.05, 3.63) is 95.4 Å². The molecule has 317 valence electrons. The molecule has 15 heteroatoms. The number of H-pyrrole nitrogens is 2. The van der Waals surface area contributed by atoms with Crippen LogP contribution in [0.2, 0.25) is 0 Å². The van der Waals surface area contributed by atoms with Gasteiger partial charge in [-0.15, -0.1) is 0 Å². The van der Waals surface area contributed by atoms with Gasteiger partial charge in [0.1, 0.15) is 17.7 Å². The molecule has 5 aromatic rings. The van der Waals surface area contributed by atoms with Crippen molar-refractivity contribution >= 4 is 45.7 Å². The van der Waals surface area contributed by atoms with E-state index in [0.29, 0.717) is 31.0 Å². The highest BCUT2D eigenvalue weighted by Gasteiger charge is 2.40. The highest BCUT2D eigenvalue weighted by Crippen LogP contribution is 2.48. The van der Waals surface area contributed by atoms with Crippen LogP contribution in [0.1, 0.15) is 119 Å². The maximum absolute atomic E-state index is 13.8. The third kappa shape index (κ3) is 8.02. The summed E-state index contributed by atoms with van der Waals surface area (Å²) in [4.78, 5) is 61.7. The average Bonchev–Trinajstić information content (AvgIpc) is 4.06. The summed E-state index contributed by atoms with van der Waals surface area (Å²) in [5, 5.41) is 2.69. The lowest BCUT2D eigenvalue weighted by molar-refractivity contribution is -0.137. The Bertz CT molecular complexity index is 2370. The summed E-state index contributed by atoms with van der Waals surface area (Å²) in [6, 6.07) is 16.0. The zero-order valence-corrected chi connectivity index (χ0v) is 34.6. The fourth-order valence-corrected chi connectivity index (χ4v) is 9.35. The number of halogens is 3. The van der Waals surface area contributed by atoms with E-state index in [1.807, 2.05) is 56.9 Å².